The zero-order valence-corrected chi connectivity index (χ0v) is 13.9. The molecule has 8 heteroatoms. The second kappa shape index (κ2) is 8.05. The molecule has 27 heavy (non-hydrogen) atoms. The van der Waals surface area contributed by atoms with Crippen molar-refractivity contribution < 1.29 is 23.6 Å². The van der Waals surface area contributed by atoms with Gasteiger partial charge in [0.2, 0.25) is 0 Å². The molecule has 0 aliphatic heterocycles. The first-order chi connectivity index (χ1) is 13.0. The van der Waals surface area contributed by atoms with E-state index in [4.69, 9.17) is 9.47 Å². The number of para-hydroxylation sites is 1. The fraction of sp³-hybridized carbons (Fsp3) is 0.0526. The van der Waals surface area contributed by atoms with Crippen LogP contribution in [0.15, 0.2) is 66.9 Å². The summed E-state index contributed by atoms with van der Waals surface area (Å²) in [6.45, 7) is 0. The van der Waals surface area contributed by atoms with Gasteiger partial charge < -0.3 is 9.47 Å². The summed E-state index contributed by atoms with van der Waals surface area (Å²) in [6, 6.07) is 14.6. The molecule has 0 amide bonds. The van der Waals surface area contributed by atoms with Crippen LogP contribution in [-0.2, 0) is 11.2 Å². The van der Waals surface area contributed by atoms with Crippen LogP contribution in [0, 0.1) is 15.9 Å². The van der Waals surface area contributed by atoms with Crippen molar-refractivity contribution >= 4 is 11.7 Å². The Morgan fingerprint density at radius 1 is 1.07 bits per heavy atom. The van der Waals surface area contributed by atoms with Gasteiger partial charge in [-0.3, -0.25) is 19.9 Å². The van der Waals surface area contributed by atoms with Crippen molar-refractivity contribution in [2.45, 2.75) is 6.42 Å². The lowest BCUT2D eigenvalue weighted by Crippen LogP contribution is -2.12. The van der Waals surface area contributed by atoms with E-state index in [9.17, 15) is 19.3 Å². The molecule has 136 valence electrons. The number of halogens is 1. The summed E-state index contributed by atoms with van der Waals surface area (Å²) >= 11 is 0. The molecule has 0 saturated heterocycles. The third-order valence-electron chi connectivity index (χ3n) is 3.44. The summed E-state index contributed by atoms with van der Waals surface area (Å²) in [5.41, 5.74) is -0.00493. The van der Waals surface area contributed by atoms with E-state index in [1.807, 2.05) is 0 Å². The molecule has 0 N–H and O–H groups in total. The number of aromatic nitrogens is 1. The Morgan fingerprint density at radius 2 is 1.85 bits per heavy atom. The van der Waals surface area contributed by atoms with Crippen LogP contribution in [0.1, 0.15) is 5.69 Å². The highest BCUT2D eigenvalue weighted by molar-refractivity contribution is 5.74. The maximum Gasteiger partial charge on any atom is 0.317 e. The van der Waals surface area contributed by atoms with Gasteiger partial charge in [-0.2, -0.15) is 0 Å². The monoisotopic (exact) mass is 368 g/mol. The van der Waals surface area contributed by atoms with E-state index in [0.717, 1.165) is 18.2 Å². The van der Waals surface area contributed by atoms with Crippen LogP contribution in [0.4, 0.5) is 10.1 Å². The summed E-state index contributed by atoms with van der Waals surface area (Å²) in [4.78, 5) is 26.0. The third-order valence-corrected chi connectivity index (χ3v) is 3.44. The van der Waals surface area contributed by atoms with Gasteiger partial charge >= 0.3 is 5.97 Å². The molecule has 0 spiro atoms. The summed E-state index contributed by atoms with van der Waals surface area (Å²) in [6.07, 6.45) is 1.30. The normalized spacial score (nSPS) is 10.3. The number of carbonyl (C=O) groups is 1. The quantitative estimate of drug-likeness (QED) is 0.282. The Bertz CT molecular complexity index is 979. The predicted octanol–water partition coefficient (Wildman–Crippen LogP) is 4.07. The van der Waals surface area contributed by atoms with Gasteiger partial charge in [0.1, 0.15) is 11.5 Å². The van der Waals surface area contributed by atoms with Gasteiger partial charge in [-0.25, -0.2) is 4.39 Å². The number of pyridine rings is 1. The molecule has 1 aromatic heterocycles. The van der Waals surface area contributed by atoms with E-state index < -0.39 is 16.7 Å². The molecule has 1 heterocycles. The minimum Gasteiger partial charge on any atom is -0.454 e. The first-order valence-corrected chi connectivity index (χ1v) is 7.84. The summed E-state index contributed by atoms with van der Waals surface area (Å²) < 4.78 is 24.5. The molecule has 7 nitrogen and oxygen atoms in total. The van der Waals surface area contributed by atoms with E-state index in [2.05, 4.69) is 4.98 Å². The highest BCUT2D eigenvalue weighted by Gasteiger charge is 2.13. The molecular weight excluding hydrogens is 355 g/mol. The maximum absolute atomic E-state index is 13.9. The predicted molar refractivity (Wildman–Crippen MR) is 93.1 cm³/mol. The van der Waals surface area contributed by atoms with Crippen molar-refractivity contribution in [3.05, 3.63) is 88.5 Å². The molecule has 0 fully saturated rings. The van der Waals surface area contributed by atoms with E-state index >= 15 is 0 Å². The molecule has 3 rings (SSSR count). The minimum absolute atomic E-state index is 0.102. The van der Waals surface area contributed by atoms with Crippen LogP contribution in [0.2, 0.25) is 0 Å². The van der Waals surface area contributed by atoms with Gasteiger partial charge in [0.05, 0.1) is 23.1 Å². The first-order valence-electron chi connectivity index (χ1n) is 7.84. The van der Waals surface area contributed by atoms with Crippen LogP contribution in [-0.4, -0.2) is 15.9 Å². The summed E-state index contributed by atoms with van der Waals surface area (Å²) in [5.74, 6) is -0.897. The number of carbonyl (C=O) groups excluding carboxylic acids is 1. The van der Waals surface area contributed by atoms with E-state index in [0.29, 0.717) is 11.4 Å². The van der Waals surface area contributed by atoms with Gasteiger partial charge in [-0.1, -0.05) is 18.2 Å². The molecule has 0 aliphatic carbocycles. The minimum atomic E-state index is -0.869. The third kappa shape index (κ3) is 4.85. The molecule has 0 unspecified atom stereocenters. The Hall–Kier alpha value is -3.81. The largest absolute Gasteiger partial charge is 0.454 e. The lowest BCUT2D eigenvalue weighted by atomic mass is 10.2. The Balaban J connectivity index is 1.68. The molecule has 2 aromatic carbocycles. The fourth-order valence-electron chi connectivity index (χ4n) is 2.23. The van der Waals surface area contributed by atoms with Crippen LogP contribution < -0.4 is 9.47 Å². The molecule has 0 bridgehead atoms. The number of hydrogen-bond acceptors (Lipinski definition) is 6. The van der Waals surface area contributed by atoms with Crippen LogP contribution in [0.25, 0.3) is 0 Å². The first kappa shape index (κ1) is 18.0. The number of nitro groups is 1. The molecule has 3 aromatic rings. The Labute approximate surface area is 153 Å². The van der Waals surface area contributed by atoms with Crippen molar-refractivity contribution in [2.24, 2.45) is 0 Å². The molecule has 0 aliphatic rings. The smallest absolute Gasteiger partial charge is 0.317 e. The number of nitro benzene ring substituents is 1. The summed E-state index contributed by atoms with van der Waals surface area (Å²) in [5, 5.41) is 10.6. The van der Waals surface area contributed by atoms with Gasteiger partial charge in [0, 0.05) is 18.3 Å². The number of benzene rings is 2. The van der Waals surface area contributed by atoms with E-state index in [1.165, 1.54) is 18.3 Å². The lowest BCUT2D eigenvalue weighted by Gasteiger charge is -2.08. The zero-order valence-electron chi connectivity index (χ0n) is 13.9. The van der Waals surface area contributed by atoms with Crippen molar-refractivity contribution in [1.29, 1.82) is 0 Å². The van der Waals surface area contributed by atoms with E-state index in [1.54, 1.807) is 30.3 Å². The zero-order chi connectivity index (χ0) is 19.2. The molecule has 0 saturated carbocycles. The molecular formula is C19H13FN2O5. The van der Waals surface area contributed by atoms with Gasteiger partial charge in [0.25, 0.3) is 5.69 Å². The number of ether oxygens (including phenoxy) is 2. The van der Waals surface area contributed by atoms with Crippen LogP contribution in [0.5, 0.6) is 17.2 Å². The van der Waals surface area contributed by atoms with Crippen molar-refractivity contribution in [3.63, 3.8) is 0 Å². The standard InChI is InChI=1S/C19H13FN2O5/c20-17-12-14(22(24)25)6-7-18(17)26-16-8-9-21-13(10-16)11-19(23)27-15-4-2-1-3-5-15/h1-10,12H,11H2. The number of hydrogen-bond donors (Lipinski definition) is 0. The van der Waals surface area contributed by atoms with Crippen LogP contribution >= 0.6 is 0 Å². The van der Waals surface area contributed by atoms with Crippen molar-refractivity contribution in [3.8, 4) is 17.2 Å². The number of non-ortho nitro benzene ring substituents is 1. The molecule has 0 atom stereocenters. The fourth-order valence-corrected chi connectivity index (χ4v) is 2.23. The van der Waals surface area contributed by atoms with Gasteiger partial charge in [-0.15, -0.1) is 0 Å². The number of rotatable bonds is 6. The van der Waals surface area contributed by atoms with Gasteiger partial charge in [-0.05, 0) is 24.3 Å². The second-order valence-electron chi connectivity index (χ2n) is 5.42. The van der Waals surface area contributed by atoms with Crippen molar-refractivity contribution in [2.75, 3.05) is 0 Å². The second-order valence-corrected chi connectivity index (χ2v) is 5.42. The lowest BCUT2D eigenvalue weighted by molar-refractivity contribution is -0.385. The molecule has 0 radical (unpaired) electrons. The number of nitrogens with zero attached hydrogens (tertiary/aromatic N) is 2. The van der Waals surface area contributed by atoms with Gasteiger partial charge in [0.15, 0.2) is 11.6 Å². The maximum atomic E-state index is 13.9. The topological polar surface area (TPSA) is 91.6 Å². The van der Waals surface area contributed by atoms with Crippen LogP contribution in [0.3, 0.4) is 0 Å². The number of esters is 1. The Kier molecular flexibility index (Phi) is 5.36. The highest BCUT2D eigenvalue weighted by atomic mass is 19.1. The highest BCUT2D eigenvalue weighted by Crippen LogP contribution is 2.27. The van der Waals surface area contributed by atoms with Crippen molar-refractivity contribution in [1.82, 2.24) is 4.98 Å². The average Bonchev–Trinajstić information content (AvgIpc) is 2.64. The van der Waals surface area contributed by atoms with E-state index in [-0.39, 0.29) is 23.6 Å². The average molecular weight is 368 g/mol. The summed E-state index contributed by atoms with van der Waals surface area (Å²) in [7, 11) is 0. The Morgan fingerprint density at radius 3 is 2.56 bits per heavy atom. The SMILES string of the molecule is O=C(Cc1cc(Oc2ccc([N+](=O)[O-])cc2F)ccn1)Oc1ccccc1.